The van der Waals surface area contributed by atoms with Crippen LogP contribution in [-0.4, -0.2) is 0 Å². The van der Waals surface area contributed by atoms with Crippen LogP contribution in [0.15, 0.2) is 137 Å². The molecule has 37 heavy (non-hydrogen) atoms. The standard InChI is InChI=1S/C36H22O/c1-2-12-25-23(10-1)11-9-18-28(25)36-31-16-5-3-14-29(31)35(30-15-4-6-17-32(30)36)24-20-21-27-26-13-7-8-19-33(26)37-34(27)22-24/h1-22H/i1D,2D,3D,4D,5D,6D,7D,8D,9D,10D,11D,13D,14D,15D,16D,17D,18D,19D,20D,21D,22D. The van der Waals surface area contributed by atoms with Gasteiger partial charge in [0.1, 0.15) is 11.2 Å². The van der Waals surface area contributed by atoms with E-state index >= 15 is 0 Å². The molecular weight excluding hydrogens is 448 g/mol. The van der Waals surface area contributed by atoms with Crippen molar-refractivity contribution in [2.24, 2.45) is 0 Å². The molecule has 0 saturated heterocycles. The lowest BCUT2D eigenvalue weighted by Gasteiger charge is -2.18. The van der Waals surface area contributed by atoms with Crippen molar-refractivity contribution in [1.82, 2.24) is 0 Å². The number of para-hydroxylation sites is 1. The Morgan fingerprint density at radius 1 is 0.432 bits per heavy atom. The Morgan fingerprint density at radius 2 is 1.03 bits per heavy atom. The van der Waals surface area contributed by atoms with Gasteiger partial charge in [-0.2, -0.15) is 0 Å². The Labute approximate surface area is 243 Å². The van der Waals surface area contributed by atoms with Gasteiger partial charge in [0.15, 0.2) is 0 Å². The van der Waals surface area contributed by atoms with E-state index in [4.69, 9.17) is 25.0 Å². The Balaban J connectivity index is 1.76. The summed E-state index contributed by atoms with van der Waals surface area (Å²) in [5, 5.41) is -3.58. The van der Waals surface area contributed by atoms with Gasteiger partial charge in [-0.05, 0) is 72.7 Å². The van der Waals surface area contributed by atoms with Gasteiger partial charge in [0.2, 0.25) is 0 Å². The highest BCUT2D eigenvalue weighted by molar-refractivity contribution is 6.24. The fraction of sp³-hybridized carbons (Fsp3) is 0. The van der Waals surface area contributed by atoms with Crippen molar-refractivity contribution in [2.45, 2.75) is 0 Å². The fourth-order valence-electron chi connectivity index (χ4n) is 4.61. The summed E-state index contributed by atoms with van der Waals surface area (Å²) in [6.07, 6.45) is 0. The van der Waals surface area contributed by atoms with Crippen LogP contribution in [0.3, 0.4) is 0 Å². The van der Waals surface area contributed by atoms with Crippen LogP contribution in [0.4, 0.5) is 0 Å². The Morgan fingerprint density at radius 3 is 1.78 bits per heavy atom. The molecule has 8 rings (SSSR count). The second kappa shape index (κ2) is 7.81. The maximum absolute atomic E-state index is 9.43. The number of benzene rings is 7. The van der Waals surface area contributed by atoms with Crippen LogP contribution in [0.1, 0.15) is 28.8 Å². The smallest absolute Gasteiger partial charge is 0.136 e. The van der Waals surface area contributed by atoms with E-state index in [1.165, 1.54) is 0 Å². The van der Waals surface area contributed by atoms with Gasteiger partial charge in [-0.1, -0.05) is 115 Å². The van der Waals surface area contributed by atoms with Crippen molar-refractivity contribution in [2.75, 3.05) is 0 Å². The summed E-state index contributed by atoms with van der Waals surface area (Å²) in [5.74, 6) is 0. The highest BCUT2D eigenvalue weighted by Crippen LogP contribution is 2.45. The SMILES string of the molecule is [2H]c1cc2c(-c3c4c([2H])c([2H])c([2H])c([2H])c4c(-c4c([2H])c([2H])c5c(oc6c([2H])c([2H])c([2H])c([2H])c65)c4[2H])c4c([2H])c([2H])c([2H])c([2H])c34)c([2H])c([2H])c([2H])c2c([2H])c1[2H]. The molecule has 0 amide bonds. The van der Waals surface area contributed by atoms with Gasteiger partial charge in [-0.3, -0.25) is 0 Å². The van der Waals surface area contributed by atoms with Crippen LogP contribution in [0.5, 0.6) is 0 Å². The largest absolute Gasteiger partial charge is 0.456 e. The van der Waals surface area contributed by atoms with Gasteiger partial charge in [0.05, 0.1) is 28.8 Å². The lowest BCUT2D eigenvalue weighted by Crippen LogP contribution is -1.91. The molecule has 0 aliphatic carbocycles. The van der Waals surface area contributed by atoms with Crippen molar-refractivity contribution in [1.29, 1.82) is 0 Å². The van der Waals surface area contributed by atoms with Gasteiger partial charge in [-0.25, -0.2) is 0 Å². The molecule has 1 heterocycles. The van der Waals surface area contributed by atoms with E-state index in [0.717, 1.165) is 6.07 Å². The number of rotatable bonds is 2. The molecule has 0 unspecified atom stereocenters. The van der Waals surface area contributed by atoms with E-state index < -0.39 is 187 Å². The van der Waals surface area contributed by atoms with Gasteiger partial charge < -0.3 is 4.42 Å². The van der Waals surface area contributed by atoms with Crippen LogP contribution < -0.4 is 0 Å². The molecule has 1 aromatic heterocycles. The molecule has 0 atom stereocenters. The minimum atomic E-state index is -0.873. The summed E-state index contributed by atoms with van der Waals surface area (Å²) in [7, 11) is 0. The van der Waals surface area contributed by atoms with Gasteiger partial charge in [-0.15, -0.1) is 0 Å². The predicted molar refractivity (Wildman–Crippen MR) is 157 cm³/mol. The van der Waals surface area contributed by atoms with Crippen LogP contribution in [-0.2, 0) is 0 Å². The molecule has 0 spiro atoms. The quantitative estimate of drug-likeness (QED) is 0.219. The molecule has 8 aromatic rings. The van der Waals surface area contributed by atoms with Gasteiger partial charge in [0.25, 0.3) is 0 Å². The molecule has 0 aliphatic heterocycles. The predicted octanol–water partition coefficient (Wildman–Crippen LogP) is 10.4. The molecule has 0 aliphatic rings. The van der Waals surface area contributed by atoms with E-state index in [1.807, 2.05) is 0 Å². The van der Waals surface area contributed by atoms with Crippen molar-refractivity contribution in [3.05, 3.63) is 133 Å². The molecule has 0 N–H and O–H groups in total. The molecule has 0 radical (unpaired) electrons. The minimum absolute atomic E-state index is 0.286. The minimum Gasteiger partial charge on any atom is -0.456 e. The highest BCUT2D eigenvalue weighted by atomic mass is 16.3. The highest BCUT2D eigenvalue weighted by Gasteiger charge is 2.18. The van der Waals surface area contributed by atoms with Crippen molar-refractivity contribution >= 4 is 54.3 Å². The Bertz CT molecular complexity index is 3210. The average molecular weight is 492 g/mol. The van der Waals surface area contributed by atoms with E-state index in [2.05, 4.69) is 0 Å². The van der Waals surface area contributed by atoms with E-state index in [9.17, 15) is 8.22 Å². The molecule has 0 fully saturated rings. The summed E-state index contributed by atoms with van der Waals surface area (Å²) < 4.78 is 191. The third-order valence-electron chi connectivity index (χ3n) is 6.15. The van der Waals surface area contributed by atoms with Crippen LogP contribution in [0.2, 0.25) is 0 Å². The summed E-state index contributed by atoms with van der Waals surface area (Å²) in [5.41, 5.74) is -3.15. The topological polar surface area (TPSA) is 13.1 Å². The molecular formula is C36H22O. The summed E-state index contributed by atoms with van der Waals surface area (Å²) in [6.45, 7) is 0. The monoisotopic (exact) mass is 491 g/mol. The zero-order valence-electron chi connectivity index (χ0n) is 39.5. The first kappa shape index (κ1) is 8.61. The fourth-order valence-corrected chi connectivity index (χ4v) is 4.61. The average Bonchev–Trinajstić information content (AvgIpc) is 3.60. The second-order valence-electron chi connectivity index (χ2n) is 8.09. The van der Waals surface area contributed by atoms with Gasteiger partial charge in [0, 0.05) is 10.8 Å². The molecule has 0 saturated carbocycles. The molecule has 1 heteroatoms. The van der Waals surface area contributed by atoms with Crippen LogP contribution >= 0.6 is 0 Å². The van der Waals surface area contributed by atoms with Crippen LogP contribution in [0, 0.1) is 0 Å². The normalized spacial score (nSPS) is 19.7. The lowest BCUT2D eigenvalue weighted by atomic mass is 9.84. The molecule has 172 valence electrons. The van der Waals surface area contributed by atoms with E-state index in [1.54, 1.807) is 0 Å². The number of fused-ring (bicyclic) bond motifs is 6. The third kappa shape index (κ3) is 2.98. The molecule has 7 aromatic carbocycles. The molecule has 1 nitrogen and oxygen atoms in total. The lowest BCUT2D eigenvalue weighted by molar-refractivity contribution is 0.669. The summed E-state index contributed by atoms with van der Waals surface area (Å²) in [4.78, 5) is 0. The van der Waals surface area contributed by atoms with E-state index in [0.29, 0.717) is 0 Å². The third-order valence-corrected chi connectivity index (χ3v) is 6.15. The van der Waals surface area contributed by atoms with Crippen molar-refractivity contribution in [3.63, 3.8) is 0 Å². The Hall–Kier alpha value is -4.88. The zero-order valence-corrected chi connectivity index (χ0v) is 18.5. The Kier molecular flexibility index (Phi) is 1.82. The number of furan rings is 1. The number of hydrogen-bond donors (Lipinski definition) is 0. The summed E-state index contributed by atoms with van der Waals surface area (Å²) in [6, 6.07) is -15.1. The zero-order chi connectivity index (χ0) is 42.6. The first-order valence-corrected chi connectivity index (χ1v) is 11.0. The molecule has 0 bridgehead atoms. The van der Waals surface area contributed by atoms with Crippen LogP contribution in [0.25, 0.3) is 76.5 Å². The maximum Gasteiger partial charge on any atom is 0.136 e. The number of hydrogen-bond acceptors (Lipinski definition) is 1. The van der Waals surface area contributed by atoms with Crippen molar-refractivity contribution < 1.29 is 33.2 Å². The first-order valence-electron chi connectivity index (χ1n) is 21.5. The second-order valence-corrected chi connectivity index (χ2v) is 8.09. The maximum atomic E-state index is 9.43. The summed E-state index contributed by atoms with van der Waals surface area (Å²) >= 11 is 0. The van der Waals surface area contributed by atoms with Gasteiger partial charge >= 0.3 is 0 Å². The first-order chi connectivity index (χ1) is 27.1. The van der Waals surface area contributed by atoms with E-state index in [-0.39, 0.29) is 16.2 Å². The van der Waals surface area contributed by atoms with Crippen molar-refractivity contribution in [3.8, 4) is 22.3 Å².